The van der Waals surface area contributed by atoms with E-state index in [2.05, 4.69) is 16.2 Å². The topological polar surface area (TPSA) is 106 Å². The number of amides is 3. The van der Waals surface area contributed by atoms with Gasteiger partial charge in [-0.3, -0.25) is 25.2 Å². The third kappa shape index (κ3) is 5.83. The number of hydrazine groups is 1. The largest absolute Gasteiger partial charge is 0.493 e. The summed E-state index contributed by atoms with van der Waals surface area (Å²) in [6.07, 6.45) is 1.77. The van der Waals surface area contributed by atoms with Crippen LogP contribution in [0.25, 0.3) is 0 Å². The first-order valence-corrected chi connectivity index (χ1v) is 9.29. The average molecular weight is 381 g/mol. The highest BCUT2D eigenvalue weighted by Gasteiger charge is 2.26. The van der Waals surface area contributed by atoms with Crippen LogP contribution in [-0.2, 0) is 20.1 Å². The van der Waals surface area contributed by atoms with Crippen LogP contribution < -0.4 is 25.6 Å². The van der Waals surface area contributed by atoms with Crippen LogP contribution >= 0.6 is 11.8 Å². The molecule has 1 aliphatic carbocycles. The van der Waals surface area contributed by atoms with Crippen molar-refractivity contribution in [3.8, 4) is 11.5 Å². The number of carbonyl (C=O) groups excluding carboxylic acids is 3. The van der Waals surface area contributed by atoms with Crippen LogP contribution in [0.1, 0.15) is 24.0 Å². The molecule has 1 aliphatic rings. The van der Waals surface area contributed by atoms with Gasteiger partial charge in [0.05, 0.1) is 20.0 Å². The molecular weight excluding hydrogens is 358 g/mol. The molecule has 0 radical (unpaired) electrons. The predicted octanol–water partition coefficient (Wildman–Crippen LogP) is 0.671. The number of ether oxygens (including phenoxy) is 2. The first kappa shape index (κ1) is 19.9. The fourth-order valence-electron chi connectivity index (χ4n) is 2.13. The number of benzene rings is 1. The van der Waals surface area contributed by atoms with E-state index in [-0.39, 0.29) is 17.7 Å². The minimum absolute atomic E-state index is 0.0873. The van der Waals surface area contributed by atoms with Crippen LogP contribution in [0.4, 0.5) is 0 Å². The Morgan fingerprint density at radius 2 is 1.73 bits per heavy atom. The van der Waals surface area contributed by atoms with Crippen molar-refractivity contribution in [2.75, 3.05) is 20.0 Å². The Hall–Kier alpha value is -2.42. The maximum absolute atomic E-state index is 11.8. The minimum atomic E-state index is -0.869. The van der Waals surface area contributed by atoms with Gasteiger partial charge in [0.2, 0.25) is 5.91 Å². The number of hydrogen-bond donors (Lipinski definition) is 3. The molecule has 0 heterocycles. The molecule has 2 rings (SSSR count). The number of hydrogen-bond acceptors (Lipinski definition) is 6. The van der Waals surface area contributed by atoms with Gasteiger partial charge < -0.3 is 14.8 Å². The summed E-state index contributed by atoms with van der Waals surface area (Å²) in [5.74, 6) is 0.0254. The van der Waals surface area contributed by atoms with Gasteiger partial charge in [0, 0.05) is 11.8 Å². The summed E-state index contributed by atoms with van der Waals surface area (Å²) in [6.45, 7) is 1.95. The van der Waals surface area contributed by atoms with Crippen molar-refractivity contribution >= 4 is 29.5 Å². The lowest BCUT2D eigenvalue weighted by atomic mass is 10.1. The lowest BCUT2D eigenvalue weighted by Crippen LogP contribution is -2.49. The Bertz CT molecular complexity index is 691. The molecule has 1 aromatic rings. The van der Waals surface area contributed by atoms with Crippen LogP contribution in [0, 0.1) is 6.92 Å². The molecular formula is C17H23N3O5S. The van der Waals surface area contributed by atoms with Gasteiger partial charge in [-0.2, -0.15) is 0 Å². The summed E-state index contributed by atoms with van der Waals surface area (Å²) >= 11 is 1.38. The maximum Gasteiger partial charge on any atom is 0.327 e. The lowest BCUT2D eigenvalue weighted by Gasteiger charge is -2.12. The molecule has 0 saturated heterocycles. The summed E-state index contributed by atoms with van der Waals surface area (Å²) in [7, 11) is 3.15. The molecule has 9 heteroatoms. The van der Waals surface area contributed by atoms with E-state index >= 15 is 0 Å². The zero-order valence-electron chi connectivity index (χ0n) is 15.0. The Kier molecular flexibility index (Phi) is 7.14. The average Bonchev–Trinajstić information content (AvgIpc) is 3.44. The second kappa shape index (κ2) is 9.33. The Morgan fingerprint density at radius 3 is 2.35 bits per heavy atom. The van der Waals surface area contributed by atoms with Gasteiger partial charge in [-0.25, -0.2) is 0 Å². The molecule has 0 aromatic heterocycles. The smallest absolute Gasteiger partial charge is 0.327 e. The van der Waals surface area contributed by atoms with Crippen LogP contribution in [-0.4, -0.2) is 43.7 Å². The van der Waals surface area contributed by atoms with Crippen LogP contribution in [0.15, 0.2) is 12.1 Å². The molecule has 1 saturated carbocycles. The first-order valence-electron chi connectivity index (χ1n) is 8.13. The van der Waals surface area contributed by atoms with E-state index < -0.39 is 11.8 Å². The number of rotatable bonds is 7. The molecule has 1 aromatic carbocycles. The van der Waals surface area contributed by atoms with Crippen molar-refractivity contribution in [1.29, 1.82) is 0 Å². The number of nitrogens with one attached hydrogen (secondary N) is 3. The number of aryl methyl sites for hydroxylation is 1. The van der Waals surface area contributed by atoms with Gasteiger partial charge in [0.15, 0.2) is 11.5 Å². The number of carbonyl (C=O) groups is 3. The third-order valence-electron chi connectivity index (χ3n) is 3.77. The third-order valence-corrected chi connectivity index (χ3v) is 4.75. The zero-order valence-corrected chi connectivity index (χ0v) is 15.8. The quantitative estimate of drug-likeness (QED) is 0.474. The molecule has 0 aliphatic heterocycles. The molecule has 8 nitrogen and oxygen atoms in total. The highest BCUT2D eigenvalue weighted by atomic mass is 32.2. The SMILES string of the molecule is COc1cc(C)c(CSCC(=O)NNC(=O)C(=O)NC2CC2)cc1OC. The monoisotopic (exact) mass is 381 g/mol. The maximum atomic E-state index is 11.8. The second-order valence-corrected chi connectivity index (χ2v) is 6.86. The van der Waals surface area contributed by atoms with E-state index in [1.165, 1.54) is 11.8 Å². The fourth-order valence-corrected chi connectivity index (χ4v) is 3.02. The Balaban J connectivity index is 1.74. The lowest BCUT2D eigenvalue weighted by molar-refractivity contribution is -0.140. The predicted molar refractivity (Wildman–Crippen MR) is 97.9 cm³/mol. The summed E-state index contributed by atoms with van der Waals surface area (Å²) in [4.78, 5) is 34.7. The van der Waals surface area contributed by atoms with Crippen molar-refractivity contribution in [3.63, 3.8) is 0 Å². The van der Waals surface area contributed by atoms with Gasteiger partial charge in [-0.1, -0.05) is 0 Å². The van der Waals surface area contributed by atoms with Gasteiger partial charge in [0.1, 0.15) is 0 Å². The molecule has 0 spiro atoms. The Labute approximate surface area is 156 Å². The van der Waals surface area contributed by atoms with Crippen molar-refractivity contribution in [3.05, 3.63) is 23.3 Å². The van der Waals surface area contributed by atoms with Gasteiger partial charge in [0.25, 0.3) is 0 Å². The molecule has 142 valence electrons. The Morgan fingerprint density at radius 1 is 1.08 bits per heavy atom. The van der Waals surface area contributed by atoms with Crippen LogP contribution in [0.5, 0.6) is 11.5 Å². The normalized spacial score (nSPS) is 12.9. The number of thioether (sulfide) groups is 1. The van der Waals surface area contributed by atoms with Crippen LogP contribution in [0.2, 0.25) is 0 Å². The van der Waals surface area contributed by atoms with E-state index in [1.807, 2.05) is 19.1 Å². The summed E-state index contributed by atoms with van der Waals surface area (Å²) in [5, 5.41) is 2.54. The summed E-state index contributed by atoms with van der Waals surface area (Å²) in [6, 6.07) is 3.85. The van der Waals surface area contributed by atoms with Crippen molar-refractivity contribution < 1.29 is 23.9 Å². The van der Waals surface area contributed by atoms with E-state index in [1.54, 1.807) is 14.2 Å². The van der Waals surface area contributed by atoms with Gasteiger partial charge >= 0.3 is 11.8 Å². The molecule has 3 amide bonds. The fraction of sp³-hybridized carbons (Fsp3) is 0.471. The summed E-state index contributed by atoms with van der Waals surface area (Å²) in [5.41, 5.74) is 6.39. The highest BCUT2D eigenvalue weighted by Crippen LogP contribution is 2.31. The van der Waals surface area contributed by atoms with Gasteiger partial charge in [-0.15, -0.1) is 11.8 Å². The molecule has 26 heavy (non-hydrogen) atoms. The summed E-state index contributed by atoms with van der Waals surface area (Å²) < 4.78 is 10.5. The molecule has 0 bridgehead atoms. The molecule has 1 fully saturated rings. The van der Waals surface area contributed by atoms with E-state index in [0.717, 1.165) is 24.0 Å². The molecule has 3 N–H and O–H groups in total. The first-order chi connectivity index (χ1) is 12.4. The van der Waals surface area contributed by atoms with Gasteiger partial charge in [-0.05, 0) is 43.0 Å². The standard InChI is InChI=1S/C17H23N3O5S/c1-10-6-13(24-2)14(25-3)7-11(10)8-26-9-15(21)19-20-17(23)16(22)18-12-4-5-12/h6-7,12H,4-5,8-9H2,1-3H3,(H,18,22)(H,19,21)(H,20,23). The van der Waals surface area contributed by atoms with E-state index in [0.29, 0.717) is 17.3 Å². The van der Waals surface area contributed by atoms with Crippen molar-refractivity contribution in [1.82, 2.24) is 16.2 Å². The molecule has 0 unspecified atom stereocenters. The second-order valence-electron chi connectivity index (χ2n) is 5.88. The number of methoxy groups -OCH3 is 2. The van der Waals surface area contributed by atoms with Crippen LogP contribution in [0.3, 0.4) is 0 Å². The highest BCUT2D eigenvalue weighted by molar-refractivity contribution is 7.99. The van der Waals surface area contributed by atoms with Crippen molar-refractivity contribution in [2.45, 2.75) is 31.6 Å². The zero-order chi connectivity index (χ0) is 19.1. The van der Waals surface area contributed by atoms with Crippen molar-refractivity contribution in [2.24, 2.45) is 0 Å². The minimum Gasteiger partial charge on any atom is -0.493 e. The van der Waals surface area contributed by atoms with E-state index in [4.69, 9.17) is 9.47 Å². The molecule has 0 atom stereocenters. The van der Waals surface area contributed by atoms with E-state index in [9.17, 15) is 14.4 Å².